The minimum atomic E-state index is -0.0584. The van der Waals surface area contributed by atoms with Crippen molar-refractivity contribution < 1.29 is 14.0 Å². The summed E-state index contributed by atoms with van der Waals surface area (Å²) >= 11 is 3.43. The molecule has 1 unspecified atom stereocenters. The predicted octanol–water partition coefficient (Wildman–Crippen LogP) is 4.23. The second-order valence-corrected chi connectivity index (χ2v) is 9.38. The number of carbonyl (C=O) groups is 2. The van der Waals surface area contributed by atoms with Gasteiger partial charge in [-0.2, -0.15) is 0 Å². The number of nitrogens with zero attached hydrogens (tertiary/aromatic N) is 2. The van der Waals surface area contributed by atoms with Crippen molar-refractivity contribution in [3.63, 3.8) is 0 Å². The molecule has 0 N–H and O–H groups in total. The van der Waals surface area contributed by atoms with Crippen LogP contribution < -0.4 is 0 Å². The number of piperazine rings is 1. The van der Waals surface area contributed by atoms with Gasteiger partial charge in [0.05, 0.1) is 4.21 Å². The first kappa shape index (κ1) is 17.8. The zero-order valence-electron chi connectivity index (χ0n) is 15.3. The molecule has 28 heavy (non-hydrogen) atoms. The fraction of sp³-hybridized carbons (Fsp3) is 0.333. The van der Waals surface area contributed by atoms with Crippen molar-refractivity contribution in [2.45, 2.75) is 28.8 Å². The van der Waals surface area contributed by atoms with Crippen LogP contribution in [-0.4, -0.2) is 47.3 Å². The second kappa shape index (κ2) is 7.29. The average molecular weight is 413 g/mol. The molecule has 2 fully saturated rings. The largest absolute Gasteiger partial charge is 0.451 e. The summed E-state index contributed by atoms with van der Waals surface area (Å²) in [4.78, 5) is 29.1. The Morgan fingerprint density at radius 2 is 2.11 bits per heavy atom. The Labute approximate surface area is 171 Å². The van der Waals surface area contributed by atoms with Crippen LogP contribution in [0.15, 0.2) is 50.4 Å². The molecule has 2 aliphatic heterocycles. The second-order valence-electron chi connectivity index (χ2n) is 7.16. The van der Waals surface area contributed by atoms with Crippen molar-refractivity contribution in [2.24, 2.45) is 0 Å². The minimum Gasteiger partial charge on any atom is -0.451 e. The van der Waals surface area contributed by atoms with E-state index in [9.17, 15) is 9.59 Å². The van der Waals surface area contributed by atoms with Gasteiger partial charge in [-0.25, -0.2) is 0 Å². The Kier molecular flexibility index (Phi) is 4.64. The smallest absolute Gasteiger partial charge is 0.290 e. The van der Waals surface area contributed by atoms with Crippen LogP contribution in [0, 0.1) is 0 Å². The van der Waals surface area contributed by atoms with E-state index in [1.807, 2.05) is 40.1 Å². The van der Waals surface area contributed by atoms with Crippen LogP contribution in [0.5, 0.6) is 0 Å². The molecule has 1 aromatic carbocycles. The predicted molar refractivity (Wildman–Crippen MR) is 111 cm³/mol. The molecule has 0 spiro atoms. The highest BCUT2D eigenvalue weighted by Crippen LogP contribution is 2.35. The maximum absolute atomic E-state index is 13.3. The molecule has 5 nitrogen and oxygen atoms in total. The number of thioether (sulfide) groups is 1. The summed E-state index contributed by atoms with van der Waals surface area (Å²) in [6.45, 7) is 1.78. The maximum atomic E-state index is 13.3. The molecule has 0 saturated carbocycles. The highest BCUT2D eigenvalue weighted by molar-refractivity contribution is 8.00. The van der Waals surface area contributed by atoms with Gasteiger partial charge in [-0.05, 0) is 23.9 Å². The number of benzene rings is 1. The standard InChI is InChI=1S/C21H20N2O3S2/c24-18-8-7-14-12-22(9-10-23(14)18)21(25)20-16(13-28-19-6-3-11-27-19)15-4-1-2-5-17(15)26-20/h1-6,11,14H,7-10,12-13H2. The molecular weight excluding hydrogens is 392 g/mol. The summed E-state index contributed by atoms with van der Waals surface area (Å²) < 4.78 is 7.26. The summed E-state index contributed by atoms with van der Waals surface area (Å²) in [5.74, 6) is 1.30. The number of para-hydroxylation sites is 1. The molecule has 7 heteroatoms. The third-order valence-electron chi connectivity index (χ3n) is 5.53. The van der Waals surface area contributed by atoms with Gasteiger partial charge in [0.2, 0.25) is 5.91 Å². The summed E-state index contributed by atoms with van der Waals surface area (Å²) in [6, 6.07) is 12.1. The van der Waals surface area contributed by atoms with E-state index in [0.29, 0.717) is 37.6 Å². The highest BCUT2D eigenvalue weighted by atomic mass is 32.2. The van der Waals surface area contributed by atoms with Crippen molar-refractivity contribution in [2.75, 3.05) is 19.6 Å². The molecule has 5 rings (SSSR count). The fourth-order valence-corrected chi connectivity index (χ4v) is 5.91. The lowest BCUT2D eigenvalue weighted by molar-refractivity contribution is -0.130. The first-order valence-corrected chi connectivity index (χ1v) is 11.3. The van der Waals surface area contributed by atoms with Gasteiger partial charge in [-0.1, -0.05) is 24.3 Å². The number of amides is 2. The lowest BCUT2D eigenvalue weighted by atomic mass is 10.1. The Hall–Kier alpha value is -2.25. The summed E-state index contributed by atoms with van der Waals surface area (Å²) in [7, 11) is 0. The van der Waals surface area contributed by atoms with E-state index >= 15 is 0 Å². The van der Waals surface area contributed by atoms with E-state index in [2.05, 4.69) is 11.4 Å². The fourth-order valence-electron chi connectivity index (χ4n) is 4.10. The molecule has 2 amide bonds. The van der Waals surface area contributed by atoms with Crippen molar-refractivity contribution in [1.82, 2.24) is 9.80 Å². The SMILES string of the molecule is O=C(c1oc2ccccc2c1CSc1cccs1)N1CCN2C(=O)CCC2C1. The van der Waals surface area contributed by atoms with Crippen LogP contribution >= 0.6 is 23.1 Å². The summed E-state index contributed by atoms with van der Waals surface area (Å²) in [5.41, 5.74) is 1.71. The molecular formula is C21H20N2O3S2. The summed E-state index contributed by atoms with van der Waals surface area (Å²) in [6.07, 6.45) is 1.43. The third kappa shape index (κ3) is 3.12. The number of carbonyl (C=O) groups excluding carboxylic acids is 2. The van der Waals surface area contributed by atoms with Crippen molar-refractivity contribution in [3.05, 3.63) is 53.1 Å². The Balaban J connectivity index is 1.43. The molecule has 2 aliphatic rings. The van der Waals surface area contributed by atoms with Crippen molar-refractivity contribution >= 4 is 45.9 Å². The molecule has 0 radical (unpaired) electrons. The topological polar surface area (TPSA) is 53.8 Å². The zero-order valence-corrected chi connectivity index (χ0v) is 16.9. The van der Waals surface area contributed by atoms with E-state index in [4.69, 9.17) is 4.42 Å². The molecule has 144 valence electrons. The molecule has 1 atom stereocenters. The molecule has 0 aliphatic carbocycles. The monoisotopic (exact) mass is 412 g/mol. The quantitative estimate of drug-likeness (QED) is 0.602. The van der Waals surface area contributed by atoms with Gasteiger partial charge in [-0.15, -0.1) is 23.1 Å². The lowest BCUT2D eigenvalue weighted by Crippen LogP contribution is -2.53. The Morgan fingerprint density at radius 3 is 2.96 bits per heavy atom. The summed E-state index contributed by atoms with van der Waals surface area (Å²) in [5, 5.41) is 3.06. The first-order chi connectivity index (χ1) is 13.7. The molecule has 2 saturated heterocycles. The van der Waals surface area contributed by atoms with Crippen molar-refractivity contribution in [1.29, 1.82) is 0 Å². The number of thiophene rings is 1. The van der Waals surface area contributed by atoms with E-state index in [-0.39, 0.29) is 17.9 Å². The van der Waals surface area contributed by atoms with E-state index < -0.39 is 0 Å². The van der Waals surface area contributed by atoms with Gasteiger partial charge in [0.15, 0.2) is 5.76 Å². The first-order valence-electron chi connectivity index (χ1n) is 9.46. The zero-order chi connectivity index (χ0) is 19.1. The Bertz CT molecular complexity index is 1030. The maximum Gasteiger partial charge on any atom is 0.290 e. The number of hydrogen-bond acceptors (Lipinski definition) is 5. The highest BCUT2D eigenvalue weighted by Gasteiger charge is 2.38. The molecule has 3 aromatic rings. The minimum absolute atomic E-state index is 0.0584. The van der Waals surface area contributed by atoms with Gasteiger partial charge in [0.25, 0.3) is 5.91 Å². The molecule has 2 aromatic heterocycles. The van der Waals surface area contributed by atoms with Crippen LogP contribution in [0.1, 0.15) is 29.0 Å². The van der Waals surface area contributed by atoms with Crippen LogP contribution in [0.3, 0.4) is 0 Å². The van der Waals surface area contributed by atoms with Crippen LogP contribution in [0.2, 0.25) is 0 Å². The number of furan rings is 1. The van der Waals surface area contributed by atoms with Crippen LogP contribution in [-0.2, 0) is 10.5 Å². The number of fused-ring (bicyclic) bond motifs is 2. The van der Waals surface area contributed by atoms with Crippen LogP contribution in [0.25, 0.3) is 11.0 Å². The molecule has 4 heterocycles. The number of hydrogen-bond donors (Lipinski definition) is 0. The molecule has 0 bridgehead atoms. The van der Waals surface area contributed by atoms with Gasteiger partial charge in [-0.3, -0.25) is 9.59 Å². The third-order valence-corrected chi connectivity index (χ3v) is 7.69. The van der Waals surface area contributed by atoms with Crippen molar-refractivity contribution in [3.8, 4) is 0 Å². The van der Waals surface area contributed by atoms with E-state index in [0.717, 1.165) is 23.0 Å². The number of rotatable bonds is 4. The Morgan fingerprint density at radius 1 is 1.21 bits per heavy atom. The lowest BCUT2D eigenvalue weighted by Gasteiger charge is -2.37. The van der Waals surface area contributed by atoms with E-state index in [1.165, 1.54) is 4.21 Å². The van der Waals surface area contributed by atoms with Gasteiger partial charge in [0, 0.05) is 48.8 Å². The van der Waals surface area contributed by atoms with E-state index in [1.54, 1.807) is 23.1 Å². The van der Waals surface area contributed by atoms with Gasteiger partial charge < -0.3 is 14.2 Å². The average Bonchev–Trinajstić information content (AvgIpc) is 3.45. The van der Waals surface area contributed by atoms with Gasteiger partial charge in [0.1, 0.15) is 5.58 Å². The van der Waals surface area contributed by atoms with Gasteiger partial charge >= 0.3 is 0 Å². The normalized spacial score (nSPS) is 19.4. The van der Waals surface area contributed by atoms with Crippen LogP contribution in [0.4, 0.5) is 0 Å².